The summed E-state index contributed by atoms with van der Waals surface area (Å²) in [5, 5.41) is 3.26. The Hall–Kier alpha value is -3.24. The number of carbonyl (C=O) groups is 2. The normalized spacial score (nSPS) is 13.2. The number of aliphatic imine (C=N–C) groups is 1. The van der Waals surface area contributed by atoms with Gasteiger partial charge < -0.3 is 15.0 Å². The highest BCUT2D eigenvalue weighted by molar-refractivity contribution is 7.89. The fraction of sp³-hybridized carbons (Fsp3) is 0.444. The Balaban J connectivity index is 1.41. The molecule has 1 aliphatic heterocycles. The summed E-state index contributed by atoms with van der Waals surface area (Å²) in [5.41, 5.74) is 3.07. The molecule has 1 heterocycles. The zero-order chi connectivity index (χ0) is 26.8. The molecule has 0 spiro atoms. The standard InChI is InChI=1S/C27H36N4O5S/c1-30(20-16-22-6-11-23(12-7-22)27-28-17-18-29-27)25(32)5-4-19-31(2)37(34,35)24-13-8-21(9-14-24)10-15-26(33)36-3/h6-9,11-14H,4-5,10,15-20H2,1-3H3,(H,28,29). The molecule has 0 aliphatic carbocycles. The van der Waals surface area contributed by atoms with Gasteiger partial charge in [-0.25, -0.2) is 12.7 Å². The number of rotatable bonds is 13. The molecule has 0 bridgehead atoms. The van der Waals surface area contributed by atoms with Crippen LogP contribution in [0.4, 0.5) is 0 Å². The van der Waals surface area contributed by atoms with Crippen LogP contribution in [0.15, 0.2) is 58.4 Å². The summed E-state index contributed by atoms with van der Waals surface area (Å²) in [6.45, 7) is 2.51. The summed E-state index contributed by atoms with van der Waals surface area (Å²) in [5.74, 6) is 0.610. The molecule has 1 amide bonds. The SMILES string of the molecule is COC(=O)CCc1ccc(S(=O)(=O)N(C)CCCC(=O)N(C)CCc2ccc(C3=NCCN3)cc2)cc1. The van der Waals surface area contributed by atoms with Crippen LogP contribution in [0.2, 0.25) is 0 Å². The molecule has 37 heavy (non-hydrogen) atoms. The van der Waals surface area contributed by atoms with Crippen molar-refractivity contribution in [3.8, 4) is 0 Å². The predicted octanol–water partition coefficient (Wildman–Crippen LogP) is 2.24. The lowest BCUT2D eigenvalue weighted by molar-refractivity contribution is -0.140. The van der Waals surface area contributed by atoms with Crippen LogP contribution in [0.1, 0.15) is 36.0 Å². The molecule has 10 heteroatoms. The fourth-order valence-electron chi connectivity index (χ4n) is 3.96. The molecule has 0 atom stereocenters. The quantitative estimate of drug-likeness (QED) is 0.400. The molecule has 1 N–H and O–H groups in total. The molecule has 0 fully saturated rings. The van der Waals surface area contributed by atoms with Gasteiger partial charge in [-0.3, -0.25) is 14.6 Å². The van der Waals surface area contributed by atoms with Gasteiger partial charge in [-0.15, -0.1) is 0 Å². The lowest BCUT2D eigenvalue weighted by atomic mass is 10.1. The smallest absolute Gasteiger partial charge is 0.305 e. The van der Waals surface area contributed by atoms with Gasteiger partial charge in [0.1, 0.15) is 5.84 Å². The largest absolute Gasteiger partial charge is 0.469 e. The summed E-state index contributed by atoms with van der Waals surface area (Å²) in [6, 6.07) is 14.7. The number of sulfonamides is 1. The van der Waals surface area contributed by atoms with Gasteiger partial charge in [0.2, 0.25) is 15.9 Å². The number of ether oxygens (including phenoxy) is 1. The maximum atomic E-state index is 12.9. The Morgan fingerprint density at radius 3 is 2.22 bits per heavy atom. The molecule has 0 radical (unpaired) electrons. The monoisotopic (exact) mass is 528 g/mol. The molecule has 0 saturated carbocycles. The number of nitrogens with zero attached hydrogens (tertiary/aromatic N) is 3. The summed E-state index contributed by atoms with van der Waals surface area (Å²) >= 11 is 0. The third-order valence-electron chi connectivity index (χ3n) is 6.40. The van der Waals surface area contributed by atoms with Crippen molar-refractivity contribution < 1.29 is 22.7 Å². The van der Waals surface area contributed by atoms with E-state index in [1.807, 2.05) is 12.1 Å². The van der Waals surface area contributed by atoms with Crippen LogP contribution < -0.4 is 5.32 Å². The Bertz CT molecular complexity index is 1190. The van der Waals surface area contributed by atoms with Crippen LogP contribution in [-0.2, 0) is 37.2 Å². The molecular formula is C27H36N4O5S. The fourth-order valence-corrected chi connectivity index (χ4v) is 5.17. The Kier molecular flexibility index (Phi) is 10.2. The molecular weight excluding hydrogens is 492 g/mol. The number of benzene rings is 2. The first-order chi connectivity index (χ1) is 17.7. The second-order valence-electron chi connectivity index (χ2n) is 9.07. The number of methoxy groups -OCH3 is 1. The molecule has 200 valence electrons. The van der Waals surface area contributed by atoms with Crippen molar-refractivity contribution >= 4 is 27.7 Å². The van der Waals surface area contributed by atoms with Gasteiger partial charge in [0.15, 0.2) is 0 Å². The summed E-state index contributed by atoms with van der Waals surface area (Å²) < 4.78 is 31.7. The van der Waals surface area contributed by atoms with E-state index in [0.717, 1.165) is 42.0 Å². The number of hydrogen-bond donors (Lipinski definition) is 1. The zero-order valence-corrected chi connectivity index (χ0v) is 22.6. The van der Waals surface area contributed by atoms with Crippen molar-refractivity contribution in [2.24, 2.45) is 4.99 Å². The van der Waals surface area contributed by atoms with E-state index in [0.29, 0.717) is 19.4 Å². The minimum Gasteiger partial charge on any atom is -0.469 e. The van der Waals surface area contributed by atoms with Gasteiger partial charge in [0, 0.05) is 52.1 Å². The van der Waals surface area contributed by atoms with E-state index in [-0.39, 0.29) is 36.2 Å². The van der Waals surface area contributed by atoms with E-state index in [4.69, 9.17) is 0 Å². The van der Waals surface area contributed by atoms with E-state index >= 15 is 0 Å². The highest BCUT2D eigenvalue weighted by Crippen LogP contribution is 2.17. The summed E-state index contributed by atoms with van der Waals surface area (Å²) in [6.07, 6.45) is 2.17. The van der Waals surface area contributed by atoms with E-state index in [1.165, 1.54) is 18.5 Å². The third-order valence-corrected chi connectivity index (χ3v) is 8.27. The van der Waals surface area contributed by atoms with Gasteiger partial charge in [-0.2, -0.15) is 0 Å². The molecule has 0 saturated heterocycles. The van der Waals surface area contributed by atoms with Gasteiger partial charge >= 0.3 is 5.97 Å². The topological polar surface area (TPSA) is 108 Å². The van der Waals surface area contributed by atoms with Gasteiger partial charge in [0.05, 0.1) is 18.6 Å². The molecule has 2 aromatic carbocycles. The van der Waals surface area contributed by atoms with Crippen LogP contribution in [0.3, 0.4) is 0 Å². The summed E-state index contributed by atoms with van der Waals surface area (Å²) in [4.78, 5) is 30.1. The number of hydrogen-bond acceptors (Lipinski definition) is 7. The number of likely N-dealkylation sites (N-methyl/N-ethyl adjacent to an activating group) is 1. The number of carbonyl (C=O) groups excluding carboxylic acids is 2. The van der Waals surface area contributed by atoms with Crippen LogP contribution in [0, 0.1) is 0 Å². The highest BCUT2D eigenvalue weighted by Gasteiger charge is 2.21. The summed E-state index contributed by atoms with van der Waals surface area (Å²) in [7, 11) is 0.969. The van der Waals surface area contributed by atoms with Crippen LogP contribution in [0.5, 0.6) is 0 Å². The number of aryl methyl sites for hydroxylation is 1. The Morgan fingerprint density at radius 1 is 0.946 bits per heavy atom. The average Bonchev–Trinajstić information content (AvgIpc) is 3.45. The average molecular weight is 529 g/mol. The van der Waals surface area contributed by atoms with Gasteiger partial charge in [-0.05, 0) is 42.5 Å². The molecule has 9 nitrogen and oxygen atoms in total. The molecule has 1 aliphatic rings. The predicted molar refractivity (Wildman–Crippen MR) is 143 cm³/mol. The van der Waals surface area contributed by atoms with E-state index in [9.17, 15) is 18.0 Å². The number of nitrogens with one attached hydrogen (secondary N) is 1. The molecule has 2 aromatic rings. The number of amides is 1. The lowest BCUT2D eigenvalue weighted by Gasteiger charge is -2.20. The van der Waals surface area contributed by atoms with Crippen molar-refractivity contribution in [3.63, 3.8) is 0 Å². The first-order valence-corrected chi connectivity index (χ1v) is 13.9. The first kappa shape index (κ1) is 28.3. The second kappa shape index (κ2) is 13.3. The first-order valence-electron chi connectivity index (χ1n) is 12.4. The van der Waals surface area contributed by atoms with E-state index < -0.39 is 10.0 Å². The Morgan fingerprint density at radius 2 is 1.59 bits per heavy atom. The second-order valence-corrected chi connectivity index (χ2v) is 11.1. The minimum absolute atomic E-state index is 0.0121. The Labute approximate surface area is 219 Å². The van der Waals surface area contributed by atoms with Gasteiger partial charge in [0.25, 0.3) is 0 Å². The van der Waals surface area contributed by atoms with Crippen LogP contribution in [-0.4, -0.2) is 82.7 Å². The molecule has 3 rings (SSSR count). The zero-order valence-electron chi connectivity index (χ0n) is 21.8. The van der Waals surface area contributed by atoms with Crippen molar-refractivity contribution in [2.45, 2.75) is 37.0 Å². The van der Waals surface area contributed by atoms with E-state index in [2.05, 4.69) is 27.2 Å². The van der Waals surface area contributed by atoms with E-state index in [1.54, 1.807) is 36.2 Å². The highest BCUT2D eigenvalue weighted by atomic mass is 32.2. The number of amidine groups is 1. The molecule has 0 unspecified atom stereocenters. The minimum atomic E-state index is -3.66. The van der Waals surface area contributed by atoms with Crippen molar-refractivity contribution in [1.29, 1.82) is 0 Å². The van der Waals surface area contributed by atoms with Gasteiger partial charge in [-0.1, -0.05) is 36.4 Å². The van der Waals surface area contributed by atoms with Crippen molar-refractivity contribution in [3.05, 3.63) is 65.2 Å². The van der Waals surface area contributed by atoms with Crippen LogP contribution in [0.25, 0.3) is 0 Å². The third kappa shape index (κ3) is 8.13. The number of esters is 1. The van der Waals surface area contributed by atoms with Crippen LogP contribution >= 0.6 is 0 Å². The van der Waals surface area contributed by atoms with Crippen molar-refractivity contribution in [2.75, 3.05) is 47.4 Å². The maximum absolute atomic E-state index is 12.9. The lowest BCUT2D eigenvalue weighted by Crippen LogP contribution is -2.31. The molecule has 0 aromatic heterocycles. The van der Waals surface area contributed by atoms with Crippen molar-refractivity contribution in [1.82, 2.24) is 14.5 Å². The maximum Gasteiger partial charge on any atom is 0.305 e.